The number of hydrogen-bond acceptors (Lipinski definition) is 4. The number of nitrogens with two attached hydrogens (primary N) is 1. The summed E-state index contributed by atoms with van der Waals surface area (Å²) in [6, 6.07) is 8.48. The summed E-state index contributed by atoms with van der Waals surface area (Å²) in [4.78, 5) is 2.48. The lowest BCUT2D eigenvalue weighted by atomic mass is 9.90. The van der Waals surface area contributed by atoms with Gasteiger partial charge in [-0.15, -0.1) is 0 Å². The van der Waals surface area contributed by atoms with E-state index in [-0.39, 0.29) is 18.7 Å². The maximum absolute atomic E-state index is 9.18. The second-order valence-electron chi connectivity index (χ2n) is 6.10. The lowest BCUT2D eigenvalue weighted by Crippen LogP contribution is -2.44. The van der Waals surface area contributed by atoms with Gasteiger partial charge in [-0.05, 0) is 56.3 Å². The van der Waals surface area contributed by atoms with Gasteiger partial charge in [-0.2, -0.15) is 0 Å². The van der Waals surface area contributed by atoms with Crippen LogP contribution in [0.1, 0.15) is 37.8 Å². The third-order valence-electron chi connectivity index (χ3n) is 4.41. The Morgan fingerprint density at radius 1 is 1.48 bits per heavy atom. The number of piperidine rings is 1. The van der Waals surface area contributed by atoms with E-state index in [1.54, 1.807) is 7.11 Å². The smallest absolute Gasteiger partial charge is 0.119 e. The van der Waals surface area contributed by atoms with Crippen LogP contribution in [-0.4, -0.2) is 42.9 Å². The van der Waals surface area contributed by atoms with E-state index in [9.17, 15) is 5.11 Å². The van der Waals surface area contributed by atoms with E-state index >= 15 is 0 Å². The molecule has 0 amide bonds. The van der Waals surface area contributed by atoms with Crippen LogP contribution in [-0.2, 0) is 0 Å². The Kier molecular flexibility index (Phi) is 6.03. The Labute approximate surface area is 127 Å². The minimum absolute atomic E-state index is 0.0602. The van der Waals surface area contributed by atoms with E-state index in [2.05, 4.69) is 24.0 Å². The number of nitrogens with zero attached hydrogens (tertiary/aromatic N) is 1. The van der Waals surface area contributed by atoms with Crippen molar-refractivity contribution in [3.8, 4) is 5.75 Å². The number of methoxy groups -OCH3 is 1. The Balaban J connectivity index is 2.17. The first-order valence-corrected chi connectivity index (χ1v) is 7.90. The first-order valence-electron chi connectivity index (χ1n) is 7.90. The van der Waals surface area contributed by atoms with Crippen LogP contribution in [0.5, 0.6) is 5.75 Å². The molecule has 1 aliphatic heterocycles. The van der Waals surface area contributed by atoms with E-state index in [4.69, 9.17) is 10.5 Å². The van der Waals surface area contributed by atoms with Crippen LogP contribution in [0.15, 0.2) is 24.3 Å². The van der Waals surface area contributed by atoms with E-state index in [1.165, 1.54) is 18.4 Å². The zero-order chi connectivity index (χ0) is 15.2. The Bertz CT molecular complexity index is 435. The molecule has 1 heterocycles. The minimum Gasteiger partial charge on any atom is -0.497 e. The number of hydrogen-bond donors (Lipinski definition) is 2. The van der Waals surface area contributed by atoms with Crippen molar-refractivity contribution in [3.63, 3.8) is 0 Å². The molecule has 0 spiro atoms. The van der Waals surface area contributed by atoms with Crippen molar-refractivity contribution in [1.29, 1.82) is 0 Å². The normalized spacial score (nSPS) is 22.8. The zero-order valence-corrected chi connectivity index (χ0v) is 13.2. The first-order chi connectivity index (χ1) is 10.2. The summed E-state index contributed by atoms with van der Waals surface area (Å²) >= 11 is 0. The van der Waals surface area contributed by atoms with E-state index in [0.29, 0.717) is 5.92 Å². The molecule has 0 aromatic heterocycles. The monoisotopic (exact) mass is 292 g/mol. The molecule has 0 saturated carbocycles. The van der Waals surface area contributed by atoms with E-state index in [1.807, 2.05) is 12.1 Å². The van der Waals surface area contributed by atoms with Gasteiger partial charge in [-0.3, -0.25) is 4.90 Å². The number of ether oxygens (including phenoxy) is 1. The number of aliphatic hydroxyl groups excluding tert-OH is 1. The Hall–Kier alpha value is -1.10. The zero-order valence-electron chi connectivity index (χ0n) is 13.2. The molecule has 1 aliphatic rings. The van der Waals surface area contributed by atoms with Crippen LogP contribution in [0.2, 0.25) is 0 Å². The molecule has 3 atom stereocenters. The van der Waals surface area contributed by atoms with Crippen LogP contribution in [0.25, 0.3) is 0 Å². The highest BCUT2D eigenvalue weighted by molar-refractivity contribution is 5.31. The molecular weight excluding hydrogens is 264 g/mol. The summed E-state index contributed by atoms with van der Waals surface area (Å²) in [6.45, 7) is 4.44. The van der Waals surface area contributed by atoms with Crippen LogP contribution < -0.4 is 10.5 Å². The molecule has 1 aromatic carbocycles. The van der Waals surface area contributed by atoms with Crippen molar-refractivity contribution in [2.75, 3.05) is 26.8 Å². The molecule has 118 valence electrons. The van der Waals surface area contributed by atoms with Gasteiger partial charge in [0.15, 0.2) is 0 Å². The standard InChI is InChI=1S/C17H28N2O2/c1-13(18)17(15-6-3-7-16(11-15)21-2)19-9-4-5-14(12-19)8-10-20/h3,6-7,11,13-14,17,20H,4-5,8-10,12,18H2,1-2H3. The van der Waals surface area contributed by atoms with Gasteiger partial charge in [0.2, 0.25) is 0 Å². The molecule has 4 nitrogen and oxygen atoms in total. The summed E-state index contributed by atoms with van der Waals surface area (Å²) in [5, 5.41) is 9.18. The number of benzene rings is 1. The van der Waals surface area contributed by atoms with Crippen molar-refractivity contribution >= 4 is 0 Å². The second-order valence-corrected chi connectivity index (χ2v) is 6.10. The maximum Gasteiger partial charge on any atom is 0.119 e. The molecule has 1 aromatic rings. The highest BCUT2D eigenvalue weighted by atomic mass is 16.5. The van der Waals surface area contributed by atoms with Gasteiger partial charge in [-0.1, -0.05) is 12.1 Å². The molecule has 1 saturated heterocycles. The largest absolute Gasteiger partial charge is 0.497 e. The fourth-order valence-corrected chi connectivity index (χ4v) is 3.44. The summed E-state index contributed by atoms with van der Waals surface area (Å²) in [7, 11) is 1.69. The van der Waals surface area contributed by atoms with Crippen LogP contribution >= 0.6 is 0 Å². The average molecular weight is 292 g/mol. The number of aliphatic hydroxyl groups is 1. The predicted molar refractivity (Wildman–Crippen MR) is 85.4 cm³/mol. The summed E-state index contributed by atoms with van der Waals surface area (Å²) in [5.74, 6) is 1.46. The third-order valence-corrected chi connectivity index (χ3v) is 4.41. The molecular formula is C17H28N2O2. The number of likely N-dealkylation sites (tertiary alicyclic amines) is 1. The van der Waals surface area contributed by atoms with Crippen molar-refractivity contribution in [3.05, 3.63) is 29.8 Å². The lowest BCUT2D eigenvalue weighted by Gasteiger charge is -2.40. The van der Waals surface area contributed by atoms with Gasteiger partial charge < -0.3 is 15.6 Å². The Morgan fingerprint density at radius 2 is 2.29 bits per heavy atom. The molecule has 4 heteroatoms. The summed E-state index contributed by atoms with van der Waals surface area (Å²) < 4.78 is 5.34. The Morgan fingerprint density at radius 3 is 2.95 bits per heavy atom. The van der Waals surface area contributed by atoms with Crippen LogP contribution in [0.3, 0.4) is 0 Å². The molecule has 0 radical (unpaired) electrons. The number of rotatable bonds is 6. The highest BCUT2D eigenvalue weighted by Gasteiger charge is 2.29. The third kappa shape index (κ3) is 4.19. The van der Waals surface area contributed by atoms with E-state index < -0.39 is 0 Å². The van der Waals surface area contributed by atoms with Crippen LogP contribution in [0.4, 0.5) is 0 Å². The van der Waals surface area contributed by atoms with Gasteiger partial charge in [0, 0.05) is 25.2 Å². The molecule has 1 fully saturated rings. The van der Waals surface area contributed by atoms with Gasteiger partial charge in [0.05, 0.1) is 7.11 Å². The second kappa shape index (κ2) is 7.78. The van der Waals surface area contributed by atoms with Gasteiger partial charge >= 0.3 is 0 Å². The van der Waals surface area contributed by atoms with Crippen molar-refractivity contribution in [2.45, 2.75) is 38.3 Å². The quantitative estimate of drug-likeness (QED) is 0.844. The average Bonchev–Trinajstić information content (AvgIpc) is 2.48. The summed E-state index contributed by atoms with van der Waals surface area (Å²) in [6.07, 6.45) is 3.28. The predicted octanol–water partition coefficient (Wildman–Crippen LogP) is 2.18. The van der Waals surface area contributed by atoms with Crippen molar-refractivity contribution in [1.82, 2.24) is 4.90 Å². The molecule has 21 heavy (non-hydrogen) atoms. The van der Waals surface area contributed by atoms with Gasteiger partial charge in [0.25, 0.3) is 0 Å². The SMILES string of the molecule is COc1cccc(C(C(C)N)N2CCCC(CCO)C2)c1. The van der Waals surface area contributed by atoms with Gasteiger partial charge in [-0.25, -0.2) is 0 Å². The fourth-order valence-electron chi connectivity index (χ4n) is 3.44. The van der Waals surface area contributed by atoms with E-state index in [0.717, 1.165) is 25.3 Å². The first kappa shape index (κ1) is 16.3. The topological polar surface area (TPSA) is 58.7 Å². The minimum atomic E-state index is 0.0602. The molecule has 2 rings (SSSR count). The van der Waals surface area contributed by atoms with Crippen molar-refractivity contribution in [2.24, 2.45) is 11.7 Å². The van der Waals surface area contributed by atoms with Crippen LogP contribution in [0, 0.1) is 5.92 Å². The molecule has 0 bridgehead atoms. The summed E-state index contributed by atoms with van der Waals surface area (Å²) in [5.41, 5.74) is 7.50. The molecule has 3 N–H and O–H groups in total. The molecule has 3 unspecified atom stereocenters. The maximum atomic E-state index is 9.18. The van der Waals surface area contributed by atoms with Gasteiger partial charge in [0.1, 0.15) is 5.75 Å². The van der Waals surface area contributed by atoms with Crippen molar-refractivity contribution < 1.29 is 9.84 Å². The lowest BCUT2D eigenvalue weighted by molar-refractivity contribution is 0.0966. The fraction of sp³-hybridized carbons (Fsp3) is 0.647. The molecule has 0 aliphatic carbocycles. The highest BCUT2D eigenvalue weighted by Crippen LogP contribution is 2.31.